The number of allylic oxidation sites excluding steroid dienone is 2. The van der Waals surface area contributed by atoms with E-state index in [2.05, 4.69) is 182 Å². The van der Waals surface area contributed by atoms with Crippen LogP contribution in [-0.2, 0) is 0 Å². The normalized spacial score (nSPS) is 13.1. The Bertz CT molecular complexity index is 2040. The molecule has 0 unspecified atom stereocenters. The smallest absolute Gasteiger partial charge is 0.320 e. The summed E-state index contributed by atoms with van der Waals surface area (Å²) in [4.78, 5) is 2.33. The third-order valence-corrected chi connectivity index (χ3v) is 10.3. The van der Waals surface area contributed by atoms with Crippen LogP contribution in [0.4, 0.5) is 5.69 Å². The predicted octanol–water partition coefficient (Wildman–Crippen LogP) is 11.2. The molecule has 6 heteroatoms. The molecule has 0 saturated heterocycles. The molecule has 262 valence electrons. The van der Waals surface area contributed by atoms with Gasteiger partial charge in [-0.15, -0.1) is 0 Å². The Morgan fingerprint density at radius 3 is 1.44 bits per heavy atom. The molecule has 0 amide bonds. The number of hydrogen-bond acceptors (Lipinski definition) is 3. The Labute approximate surface area is 310 Å². The third-order valence-electron chi connectivity index (χ3n) is 10.3. The highest BCUT2D eigenvalue weighted by molar-refractivity contribution is 6.81. The third kappa shape index (κ3) is 6.82. The SMILES string of the molecule is CC(C)c1cccc(C(C)C)c1-c1cnn(-c2cccc(B3C=CC=CN3c3cccc(-n4cc(-c5c(C(C)C)cccc5C(C)C)cn4)c3)c2)c1. The van der Waals surface area contributed by atoms with Crippen molar-refractivity contribution >= 4 is 18.0 Å². The predicted molar refractivity (Wildman–Crippen MR) is 221 cm³/mol. The van der Waals surface area contributed by atoms with Crippen LogP contribution in [0.1, 0.15) is 101 Å². The number of hydrogen-bond donors (Lipinski definition) is 0. The van der Waals surface area contributed by atoms with E-state index in [9.17, 15) is 0 Å². The zero-order valence-corrected chi connectivity index (χ0v) is 31.8. The van der Waals surface area contributed by atoms with Gasteiger partial charge >= 0.3 is 6.85 Å². The van der Waals surface area contributed by atoms with Gasteiger partial charge in [0.2, 0.25) is 0 Å². The molecule has 0 atom stereocenters. The van der Waals surface area contributed by atoms with Crippen molar-refractivity contribution in [3.63, 3.8) is 0 Å². The van der Waals surface area contributed by atoms with Crippen molar-refractivity contribution < 1.29 is 0 Å². The van der Waals surface area contributed by atoms with Gasteiger partial charge < -0.3 is 4.81 Å². The monoisotopic (exact) mass is 683 g/mol. The molecule has 1 aliphatic heterocycles. The van der Waals surface area contributed by atoms with E-state index < -0.39 is 0 Å². The van der Waals surface area contributed by atoms with E-state index in [1.807, 2.05) is 21.8 Å². The first kappa shape index (κ1) is 35.1. The van der Waals surface area contributed by atoms with E-state index >= 15 is 0 Å². The summed E-state index contributed by atoms with van der Waals surface area (Å²) in [7, 11) is 0. The lowest BCUT2D eigenvalue weighted by Crippen LogP contribution is -2.45. The maximum Gasteiger partial charge on any atom is 0.320 e. The van der Waals surface area contributed by atoms with Gasteiger partial charge in [-0.2, -0.15) is 10.2 Å². The van der Waals surface area contributed by atoms with Gasteiger partial charge in [0.15, 0.2) is 0 Å². The fourth-order valence-electron chi connectivity index (χ4n) is 7.62. The first-order valence-electron chi connectivity index (χ1n) is 18.8. The second-order valence-corrected chi connectivity index (χ2v) is 15.3. The van der Waals surface area contributed by atoms with Crippen LogP contribution in [0, 0.1) is 0 Å². The molecule has 0 saturated carbocycles. The fraction of sp³-hybridized carbons (Fsp3) is 0.261. The van der Waals surface area contributed by atoms with Crippen molar-refractivity contribution in [2.24, 2.45) is 0 Å². The second-order valence-electron chi connectivity index (χ2n) is 15.3. The number of nitrogens with zero attached hydrogens (tertiary/aromatic N) is 5. The van der Waals surface area contributed by atoms with E-state index in [0.717, 1.165) is 28.2 Å². The molecule has 7 rings (SSSR count). The van der Waals surface area contributed by atoms with Crippen LogP contribution in [0.5, 0.6) is 0 Å². The van der Waals surface area contributed by atoms with E-state index in [4.69, 9.17) is 10.2 Å². The lowest BCUT2D eigenvalue weighted by molar-refractivity contribution is 0.838. The lowest BCUT2D eigenvalue weighted by Gasteiger charge is -2.29. The minimum Gasteiger partial charge on any atom is -0.383 e. The Balaban J connectivity index is 1.19. The summed E-state index contributed by atoms with van der Waals surface area (Å²) in [5.74, 6) is 3.95. The highest BCUT2D eigenvalue weighted by Crippen LogP contribution is 2.38. The molecule has 0 radical (unpaired) electrons. The first-order chi connectivity index (χ1) is 25.1. The van der Waals surface area contributed by atoms with Crippen molar-refractivity contribution in [3.05, 3.63) is 156 Å². The van der Waals surface area contributed by atoms with Crippen molar-refractivity contribution in [3.8, 4) is 33.6 Å². The fourth-order valence-corrected chi connectivity index (χ4v) is 7.62. The molecule has 5 nitrogen and oxygen atoms in total. The maximum absolute atomic E-state index is 4.89. The summed E-state index contributed by atoms with van der Waals surface area (Å²) in [5, 5.41) is 9.77. The molecule has 1 aliphatic rings. The molecular formula is C46H50BN5. The molecule has 0 aliphatic carbocycles. The molecule has 0 spiro atoms. The van der Waals surface area contributed by atoms with E-state index in [1.165, 1.54) is 38.8 Å². The van der Waals surface area contributed by atoms with Gasteiger partial charge in [0, 0.05) is 29.2 Å². The molecule has 3 heterocycles. The highest BCUT2D eigenvalue weighted by Gasteiger charge is 2.25. The van der Waals surface area contributed by atoms with Crippen molar-refractivity contribution in [2.75, 3.05) is 4.81 Å². The van der Waals surface area contributed by atoms with Gasteiger partial charge in [-0.1, -0.05) is 122 Å². The van der Waals surface area contributed by atoms with Crippen LogP contribution >= 0.6 is 0 Å². The van der Waals surface area contributed by atoms with Crippen LogP contribution in [-0.4, -0.2) is 26.4 Å². The number of rotatable bonds is 10. The summed E-state index contributed by atoms with van der Waals surface area (Å²) in [6.45, 7) is 18.2. The van der Waals surface area contributed by atoms with Crippen molar-refractivity contribution in [1.29, 1.82) is 0 Å². The largest absolute Gasteiger partial charge is 0.383 e. The zero-order chi connectivity index (χ0) is 36.5. The van der Waals surface area contributed by atoms with Gasteiger partial charge in [0.05, 0.1) is 23.8 Å². The van der Waals surface area contributed by atoms with Gasteiger partial charge in [-0.05, 0) is 105 Å². The molecule has 6 aromatic rings. The van der Waals surface area contributed by atoms with Crippen LogP contribution in [0.25, 0.3) is 33.6 Å². The molecule has 52 heavy (non-hydrogen) atoms. The van der Waals surface area contributed by atoms with E-state index in [1.54, 1.807) is 0 Å². The Hall–Kier alpha value is -5.36. The van der Waals surface area contributed by atoms with Crippen LogP contribution < -0.4 is 10.3 Å². The lowest BCUT2D eigenvalue weighted by atomic mass is 9.53. The number of anilines is 1. The summed E-state index contributed by atoms with van der Waals surface area (Å²) >= 11 is 0. The maximum atomic E-state index is 4.89. The van der Waals surface area contributed by atoms with Crippen LogP contribution in [0.3, 0.4) is 0 Å². The zero-order valence-electron chi connectivity index (χ0n) is 31.8. The molecular weight excluding hydrogens is 633 g/mol. The average Bonchev–Trinajstić information content (AvgIpc) is 3.85. The van der Waals surface area contributed by atoms with Gasteiger partial charge in [-0.25, -0.2) is 9.36 Å². The molecule has 0 N–H and O–H groups in total. The number of benzene rings is 4. The minimum absolute atomic E-state index is 0.0177. The molecule has 0 fully saturated rings. The van der Waals surface area contributed by atoms with E-state index in [0.29, 0.717) is 23.7 Å². The molecule has 2 aromatic heterocycles. The summed E-state index contributed by atoms with van der Waals surface area (Å²) in [6, 6.07) is 30.8. The van der Waals surface area contributed by atoms with Gasteiger partial charge in [0.1, 0.15) is 0 Å². The Morgan fingerprint density at radius 2 is 0.942 bits per heavy atom. The summed E-state index contributed by atoms with van der Waals surface area (Å²) < 4.78 is 4.03. The van der Waals surface area contributed by atoms with Crippen LogP contribution in [0.15, 0.2) is 134 Å². The van der Waals surface area contributed by atoms with Gasteiger partial charge in [0.25, 0.3) is 0 Å². The summed E-state index contributed by atoms with van der Waals surface area (Å²) in [6.07, 6.45) is 14.8. The molecule has 4 aromatic carbocycles. The summed E-state index contributed by atoms with van der Waals surface area (Å²) in [5.41, 5.74) is 14.8. The molecule has 0 bridgehead atoms. The van der Waals surface area contributed by atoms with Gasteiger partial charge in [-0.3, -0.25) is 0 Å². The quantitative estimate of drug-likeness (QED) is 0.135. The van der Waals surface area contributed by atoms with Crippen molar-refractivity contribution in [1.82, 2.24) is 19.6 Å². The Kier molecular flexibility index (Phi) is 9.92. The number of aromatic nitrogens is 4. The highest BCUT2D eigenvalue weighted by atomic mass is 15.3. The first-order valence-corrected chi connectivity index (χ1v) is 18.8. The second kappa shape index (κ2) is 14.7. The standard InChI is InChI=1S/C46H50BN5/c1-31(2)41-19-13-20-42(32(3)4)45(41)35-27-48-51(29-35)39-17-11-15-37(25-39)47-23-9-10-24-50(47)38-16-12-18-40(26-38)52-30-36(28-49-52)46-43(33(5)6)21-14-22-44(46)34(7)8/h9-34H,1-8H3. The van der Waals surface area contributed by atoms with E-state index in [-0.39, 0.29) is 6.85 Å². The van der Waals surface area contributed by atoms with Crippen molar-refractivity contribution in [2.45, 2.75) is 79.1 Å². The minimum atomic E-state index is 0.0177. The van der Waals surface area contributed by atoms with Crippen LogP contribution in [0.2, 0.25) is 0 Å². The topological polar surface area (TPSA) is 38.9 Å². The Morgan fingerprint density at radius 1 is 0.500 bits per heavy atom. The average molecular weight is 684 g/mol.